The number of aryl methyl sites for hydroxylation is 1. The highest BCUT2D eigenvalue weighted by molar-refractivity contribution is 4.76. The van der Waals surface area contributed by atoms with Crippen LogP contribution in [0.5, 0.6) is 0 Å². The molecule has 0 amide bonds. The van der Waals surface area contributed by atoms with Crippen molar-refractivity contribution in [1.82, 2.24) is 4.57 Å². The summed E-state index contributed by atoms with van der Waals surface area (Å²) in [6.07, 6.45) is 14.4. The van der Waals surface area contributed by atoms with Gasteiger partial charge in [0.05, 0.1) is 13.1 Å². The molecular formula is C10H16N2. The monoisotopic (exact) mass is 164 g/mol. The predicted molar refractivity (Wildman–Crippen MR) is 46.6 cm³/mol. The second-order valence-corrected chi connectivity index (χ2v) is 3.71. The Balaban J connectivity index is 2.08. The van der Waals surface area contributed by atoms with Crippen molar-refractivity contribution in [3.8, 4) is 0 Å². The molecule has 1 aliphatic rings. The second kappa shape index (κ2) is 3.30. The first kappa shape index (κ1) is 7.84. The third-order valence-electron chi connectivity index (χ3n) is 2.69. The lowest BCUT2D eigenvalue weighted by Gasteiger charge is -2.21. The molecule has 0 N–H and O–H groups in total. The maximum atomic E-state index is 3.28. The van der Waals surface area contributed by atoms with Crippen molar-refractivity contribution in [2.45, 2.75) is 38.1 Å². The van der Waals surface area contributed by atoms with Gasteiger partial charge in [0, 0.05) is 0 Å². The number of hydrogen-bond acceptors (Lipinski definition) is 0. The summed E-state index contributed by atoms with van der Waals surface area (Å²) in [6.45, 7) is 0. The number of aromatic nitrogens is 2. The van der Waals surface area contributed by atoms with Gasteiger partial charge in [0.25, 0.3) is 0 Å². The lowest BCUT2D eigenvalue weighted by molar-refractivity contribution is -0.675. The summed E-state index contributed by atoms with van der Waals surface area (Å²) in [7, 11) is 2.03. The van der Waals surface area contributed by atoms with Crippen LogP contribution in [-0.4, -0.2) is 4.57 Å². The Bertz CT molecular complexity index is 246. The topological polar surface area (TPSA) is 8.81 Å². The predicted octanol–water partition coefficient (Wildman–Crippen LogP) is 1.62. The molecule has 0 aliphatic heterocycles. The molecule has 1 fully saturated rings. The first-order chi connectivity index (χ1) is 5.86. The zero-order valence-electron chi connectivity index (χ0n) is 7.66. The van der Waals surface area contributed by atoms with Gasteiger partial charge in [0.2, 0.25) is 6.33 Å². The van der Waals surface area contributed by atoms with Crippen LogP contribution in [0.4, 0.5) is 0 Å². The van der Waals surface area contributed by atoms with E-state index in [1.54, 1.807) is 0 Å². The van der Waals surface area contributed by atoms with E-state index in [1.807, 2.05) is 11.6 Å². The fourth-order valence-electron chi connectivity index (χ4n) is 1.98. The lowest BCUT2D eigenvalue weighted by Crippen LogP contribution is -2.25. The molecule has 1 heterocycles. The molecule has 0 bridgehead atoms. The molecule has 0 aromatic carbocycles. The maximum Gasteiger partial charge on any atom is 0.203 e. The summed E-state index contributed by atoms with van der Waals surface area (Å²) in [5.41, 5.74) is 0. The largest absolute Gasteiger partial charge is 0.354 e. The third kappa shape index (κ3) is 1.52. The van der Waals surface area contributed by atoms with Crippen molar-refractivity contribution in [2.24, 2.45) is 7.05 Å². The molecule has 2 nitrogen and oxygen atoms in total. The molecular weight excluding hydrogens is 148 g/mol. The summed E-state index contributed by atoms with van der Waals surface area (Å²) in [6, 6.07) is 0.722. The van der Waals surface area contributed by atoms with Crippen molar-refractivity contribution < 1.29 is 4.57 Å². The fraction of sp³-hybridized carbons (Fsp3) is 0.700. The quantitative estimate of drug-likeness (QED) is 0.440. The summed E-state index contributed by atoms with van der Waals surface area (Å²) in [5, 5.41) is 0. The van der Waals surface area contributed by atoms with Gasteiger partial charge in [-0.1, -0.05) is 6.42 Å². The molecule has 1 saturated carbocycles. The highest BCUT2D eigenvalue weighted by Gasteiger charge is 2.15. The van der Waals surface area contributed by atoms with Crippen LogP contribution in [0.25, 0.3) is 0 Å². The van der Waals surface area contributed by atoms with Crippen LogP contribution in [0, 0.1) is 6.33 Å². The van der Waals surface area contributed by atoms with Gasteiger partial charge in [0.15, 0.2) is 0 Å². The Morgan fingerprint density at radius 1 is 1.33 bits per heavy atom. The van der Waals surface area contributed by atoms with Crippen LogP contribution in [0.15, 0.2) is 12.4 Å². The lowest BCUT2D eigenvalue weighted by atomic mass is 9.95. The Morgan fingerprint density at radius 3 is 2.67 bits per heavy atom. The van der Waals surface area contributed by atoms with Crippen molar-refractivity contribution in [1.29, 1.82) is 0 Å². The Labute approximate surface area is 73.8 Å². The number of rotatable bonds is 1. The highest BCUT2D eigenvalue weighted by Crippen LogP contribution is 2.26. The van der Waals surface area contributed by atoms with Crippen molar-refractivity contribution in [3.05, 3.63) is 18.7 Å². The zero-order chi connectivity index (χ0) is 8.39. The normalized spacial score (nSPS) is 19.8. The Morgan fingerprint density at radius 2 is 2.08 bits per heavy atom. The van der Waals surface area contributed by atoms with E-state index in [9.17, 15) is 0 Å². The van der Waals surface area contributed by atoms with Gasteiger partial charge in [-0.3, -0.25) is 0 Å². The third-order valence-corrected chi connectivity index (χ3v) is 2.69. The first-order valence-corrected chi connectivity index (χ1v) is 4.82. The van der Waals surface area contributed by atoms with Crippen molar-refractivity contribution >= 4 is 0 Å². The summed E-state index contributed by atoms with van der Waals surface area (Å²) < 4.78 is 4.23. The summed E-state index contributed by atoms with van der Waals surface area (Å²) >= 11 is 0. The molecule has 1 aromatic rings. The average Bonchev–Trinajstić information content (AvgIpc) is 2.54. The minimum Gasteiger partial charge on any atom is -0.354 e. The molecule has 2 heteroatoms. The van der Waals surface area contributed by atoms with E-state index in [0.717, 1.165) is 6.04 Å². The van der Waals surface area contributed by atoms with Gasteiger partial charge < -0.3 is 9.13 Å². The molecule has 1 aromatic heterocycles. The molecule has 0 saturated heterocycles. The number of hydrogen-bond donors (Lipinski definition) is 0. The fourth-order valence-corrected chi connectivity index (χ4v) is 1.98. The van der Waals surface area contributed by atoms with E-state index in [2.05, 4.69) is 23.3 Å². The van der Waals surface area contributed by atoms with Crippen LogP contribution in [0.3, 0.4) is 0 Å². The first-order valence-electron chi connectivity index (χ1n) is 4.82. The maximum absolute atomic E-state index is 3.28. The molecule has 12 heavy (non-hydrogen) atoms. The molecule has 66 valence electrons. The molecule has 0 radical (unpaired) electrons. The van der Waals surface area contributed by atoms with Gasteiger partial charge in [0.1, 0.15) is 0 Å². The van der Waals surface area contributed by atoms with E-state index in [-0.39, 0.29) is 0 Å². The van der Waals surface area contributed by atoms with Crippen LogP contribution in [0.2, 0.25) is 0 Å². The van der Waals surface area contributed by atoms with Crippen LogP contribution < -0.4 is 4.57 Å². The number of nitrogens with zero attached hydrogens (tertiary/aromatic N) is 2. The molecule has 1 aliphatic carbocycles. The smallest absolute Gasteiger partial charge is 0.203 e. The number of imidazole rings is 1. The Hall–Kier alpha value is -0.790. The second-order valence-electron chi connectivity index (χ2n) is 3.71. The summed E-state index contributed by atoms with van der Waals surface area (Å²) in [4.78, 5) is 0. The molecule has 2 rings (SSSR count). The van der Waals surface area contributed by atoms with E-state index in [1.165, 1.54) is 32.1 Å². The van der Waals surface area contributed by atoms with Gasteiger partial charge >= 0.3 is 0 Å². The zero-order valence-corrected chi connectivity index (χ0v) is 7.66. The highest BCUT2D eigenvalue weighted by atomic mass is 15.1. The van der Waals surface area contributed by atoms with Gasteiger partial charge in [-0.2, -0.15) is 0 Å². The van der Waals surface area contributed by atoms with Crippen LogP contribution >= 0.6 is 0 Å². The molecule has 0 unspecified atom stereocenters. The molecule has 0 spiro atoms. The Kier molecular flexibility index (Phi) is 2.15. The minimum absolute atomic E-state index is 0.722. The molecule has 0 atom stereocenters. The minimum atomic E-state index is 0.722. The van der Waals surface area contributed by atoms with Gasteiger partial charge in [-0.05, 0) is 38.1 Å². The van der Waals surface area contributed by atoms with Crippen LogP contribution in [-0.2, 0) is 7.05 Å². The van der Waals surface area contributed by atoms with E-state index >= 15 is 0 Å². The van der Waals surface area contributed by atoms with Gasteiger partial charge in [-0.25, -0.2) is 0 Å². The SMILES string of the molecule is C[n+]1[c-]n(C2CCCCC2)cc1. The van der Waals surface area contributed by atoms with Crippen molar-refractivity contribution in [2.75, 3.05) is 0 Å². The van der Waals surface area contributed by atoms with Crippen molar-refractivity contribution in [3.63, 3.8) is 0 Å². The van der Waals surface area contributed by atoms with E-state index in [4.69, 9.17) is 0 Å². The van der Waals surface area contributed by atoms with Gasteiger partial charge in [-0.15, -0.1) is 0 Å². The average molecular weight is 164 g/mol. The standard InChI is InChI=1S/C10H16N2/c1-11-7-8-12(9-11)10-5-3-2-4-6-10/h7-8,10H,2-6H2,1H3. The van der Waals surface area contributed by atoms with Crippen LogP contribution in [0.1, 0.15) is 38.1 Å². The summed E-state index contributed by atoms with van der Waals surface area (Å²) in [5.74, 6) is 0. The van der Waals surface area contributed by atoms with E-state index in [0.29, 0.717) is 0 Å². The van der Waals surface area contributed by atoms with E-state index < -0.39 is 0 Å².